The smallest absolute Gasteiger partial charge is 0.184 e. The molecule has 0 N–H and O–H groups in total. The van der Waals surface area contributed by atoms with Gasteiger partial charge in [0.15, 0.2) is 6.29 Å². The van der Waals surface area contributed by atoms with E-state index in [0.29, 0.717) is 6.61 Å². The van der Waals surface area contributed by atoms with Crippen LogP contribution in [0.4, 0.5) is 0 Å². The van der Waals surface area contributed by atoms with E-state index in [4.69, 9.17) is 14.2 Å². The standard InChI is InChI=1S/C11H14O3/c1-8-7-13-11(14-8)9-3-5-10(12-2)6-4-9/h3-6,8,11H,7H2,1-2H3/t8-,11?/m1/s1. The van der Waals surface area contributed by atoms with E-state index in [2.05, 4.69) is 0 Å². The van der Waals surface area contributed by atoms with Crippen molar-refractivity contribution in [2.45, 2.75) is 19.3 Å². The lowest BCUT2D eigenvalue weighted by atomic mass is 10.2. The molecule has 14 heavy (non-hydrogen) atoms. The van der Waals surface area contributed by atoms with Gasteiger partial charge in [-0.15, -0.1) is 0 Å². The van der Waals surface area contributed by atoms with Gasteiger partial charge in [-0.25, -0.2) is 0 Å². The van der Waals surface area contributed by atoms with E-state index in [9.17, 15) is 0 Å². The molecule has 1 saturated heterocycles. The van der Waals surface area contributed by atoms with Crippen LogP contribution in [0.1, 0.15) is 18.8 Å². The molecule has 1 heterocycles. The summed E-state index contributed by atoms with van der Waals surface area (Å²) in [6, 6.07) is 7.74. The third-order valence-corrected chi connectivity index (χ3v) is 2.23. The van der Waals surface area contributed by atoms with Crippen LogP contribution in [0.15, 0.2) is 24.3 Å². The summed E-state index contributed by atoms with van der Waals surface area (Å²) in [4.78, 5) is 0. The second kappa shape index (κ2) is 3.98. The van der Waals surface area contributed by atoms with Gasteiger partial charge in [0.2, 0.25) is 0 Å². The molecule has 0 bridgehead atoms. The summed E-state index contributed by atoms with van der Waals surface area (Å²) in [6.45, 7) is 2.67. The third kappa shape index (κ3) is 1.89. The molecule has 0 spiro atoms. The average molecular weight is 194 g/mol. The molecular weight excluding hydrogens is 180 g/mol. The number of methoxy groups -OCH3 is 1. The molecule has 1 fully saturated rings. The molecule has 0 amide bonds. The van der Waals surface area contributed by atoms with Gasteiger partial charge in [-0.05, 0) is 19.1 Å². The van der Waals surface area contributed by atoms with E-state index in [1.807, 2.05) is 31.2 Å². The zero-order chi connectivity index (χ0) is 9.97. The lowest BCUT2D eigenvalue weighted by Gasteiger charge is -2.10. The lowest BCUT2D eigenvalue weighted by molar-refractivity contribution is -0.0572. The Bertz CT molecular complexity index is 294. The highest BCUT2D eigenvalue weighted by Gasteiger charge is 2.23. The van der Waals surface area contributed by atoms with E-state index in [-0.39, 0.29) is 12.4 Å². The van der Waals surface area contributed by atoms with Crippen molar-refractivity contribution in [1.82, 2.24) is 0 Å². The quantitative estimate of drug-likeness (QED) is 0.721. The fourth-order valence-electron chi connectivity index (χ4n) is 1.45. The van der Waals surface area contributed by atoms with Crippen molar-refractivity contribution >= 4 is 0 Å². The van der Waals surface area contributed by atoms with Crippen molar-refractivity contribution in [3.05, 3.63) is 29.8 Å². The van der Waals surface area contributed by atoms with Gasteiger partial charge in [0.05, 0.1) is 19.8 Å². The van der Waals surface area contributed by atoms with Crippen LogP contribution in [-0.2, 0) is 9.47 Å². The second-order valence-electron chi connectivity index (χ2n) is 3.39. The highest BCUT2D eigenvalue weighted by Crippen LogP contribution is 2.27. The van der Waals surface area contributed by atoms with Gasteiger partial charge in [-0.1, -0.05) is 12.1 Å². The first-order valence-corrected chi connectivity index (χ1v) is 4.70. The fourth-order valence-corrected chi connectivity index (χ4v) is 1.45. The van der Waals surface area contributed by atoms with Gasteiger partial charge in [0.25, 0.3) is 0 Å². The SMILES string of the molecule is COc1ccc(C2OC[C@@H](C)O2)cc1. The minimum Gasteiger partial charge on any atom is -0.497 e. The van der Waals surface area contributed by atoms with Gasteiger partial charge < -0.3 is 14.2 Å². The molecule has 0 radical (unpaired) electrons. The summed E-state index contributed by atoms with van der Waals surface area (Å²) >= 11 is 0. The normalized spacial score (nSPS) is 26.4. The van der Waals surface area contributed by atoms with Crippen LogP contribution in [-0.4, -0.2) is 19.8 Å². The van der Waals surface area contributed by atoms with Crippen LogP contribution in [0.25, 0.3) is 0 Å². The van der Waals surface area contributed by atoms with Crippen LogP contribution < -0.4 is 4.74 Å². The molecular formula is C11H14O3. The molecule has 1 aliphatic heterocycles. The Morgan fingerprint density at radius 3 is 2.50 bits per heavy atom. The number of rotatable bonds is 2. The summed E-state index contributed by atoms with van der Waals surface area (Å²) in [5.74, 6) is 0.847. The van der Waals surface area contributed by atoms with Crippen molar-refractivity contribution in [1.29, 1.82) is 0 Å². The predicted octanol–water partition coefficient (Wildman–Crippen LogP) is 2.13. The molecule has 1 aromatic carbocycles. The van der Waals surface area contributed by atoms with Crippen LogP contribution >= 0.6 is 0 Å². The van der Waals surface area contributed by atoms with Crippen LogP contribution in [0.3, 0.4) is 0 Å². The van der Waals surface area contributed by atoms with E-state index in [1.165, 1.54) is 0 Å². The minimum atomic E-state index is -0.212. The number of hydrogen-bond donors (Lipinski definition) is 0. The third-order valence-electron chi connectivity index (χ3n) is 2.23. The van der Waals surface area contributed by atoms with Crippen LogP contribution in [0, 0.1) is 0 Å². The Morgan fingerprint density at radius 1 is 1.29 bits per heavy atom. The molecule has 0 saturated carbocycles. The number of ether oxygens (including phenoxy) is 3. The first kappa shape index (κ1) is 9.49. The summed E-state index contributed by atoms with van der Waals surface area (Å²) in [5, 5.41) is 0. The molecule has 1 aliphatic rings. The Labute approximate surface area is 83.6 Å². The molecule has 0 aliphatic carbocycles. The minimum absolute atomic E-state index is 0.183. The molecule has 1 unspecified atom stereocenters. The van der Waals surface area contributed by atoms with Crippen molar-refractivity contribution in [3.63, 3.8) is 0 Å². The first-order valence-electron chi connectivity index (χ1n) is 4.70. The van der Waals surface area contributed by atoms with E-state index >= 15 is 0 Å². The second-order valence-corrected chi connectivity index (χ2v) is 3.39. The summed E-state index contributed by atoms with van der Waals surface area (Å²) in [5.41, 5.74) is 1.04. The molecule has 1 aromatic rings. The van der Waals surface area contributed by atoms with Gasteiger partial charge in [0.1, 0.15) is 5.75 Å². The largest absolute Gasteiger partial charge is 0.497 e. The molecule has 3 nitrogen and oxygen atoms in total. The van der Waals surface area contributed by atoms with Crippen molar-refractivity contribution in [2.24, 2.45) is 0 Å². The van der Waals surface area contributed by atoms with E-state index in [0.717, 1.165) is 11.3 Å². The number of benzene rings is 1. The highest BCUT2D eigenvalue weighted by atomic mass is 16.7. The zero-order valence-electron chi connectivity index (χ0n) is 8.40. The van der Waals surface area contributed by atoms with Crippen molar-refractivity contribution < 1.29 is 14.2 Å². The van der Waals surface area contributed by atoms with Gasteiger partial charge in [-0.2, -0.15) is 0 Å². The maximum atomic E-state index is 5.56. The Hall–Kier alpha value is -1.06. The van der Waals surface area contributed by atoms with E-state index in [1.54, 1.807) is 7.11 Å². The highest BCUT2D eigenvalue weighted by molar-refractivity contribution is 5.28. The summed E-state index contributed by atoms with van der Waals surface area (Å²) < 4.78 is 16.1. The maximum Gasteiger partial charge on any atom is 0.184 e. The van der Waals surface area contributed by atoms with Gasteiger partial charge in [-0.3, -0.25) is 0 Å². The molecule has 2 atom stereocenters. The summed E-state index contributed by atoms with van der Waals surface area (Å²) in [7, 11) is 1.65. The average Bonchev–Trinajstić information content (AvgIpc) is 2.65. The topological polar surface area (TPSA) is 27.7 Å². The first-order chi connectivity index (χ1) is 6.79. The Balaban J connectivity index is 2.09. The van der Waals surface area contributed by atoms with Crippen LogP contribution in [0.2, 0.25) is 0 Å². The Morgan fingerprint density at radius 2 is 2.00 bits per heavy atom. The Kier molecular flexibility index (Phi) is 2.70. The van der Waals surface area contributed by atoms with Crippen molar-refractivity contribution in [2.75, 3.05) is 13.7 Å². The zero-order valence-corrected chi connectivity index (χ0v) is 8.40. The van der Waals surface area contributed by atoms with Crippen molar-refractivity contribution in [3.8, 4) is 5.75 Å². The monoisotopic (exact) mass is 194 g/mol. The van der Waals surface area contributed by atoms with E-state index < -0.39 is 0 Å². The summed E-state index contributed by atoms with van der Waals surface area (Å²) in [6.07, 6.45) is -0.0296. The number of hydrogen-bond acceptors (Lipinski definition) is 3. The molecule has 0 aromatic heterocycles. The predicted molar refractivity (Wildman–Crippen MR) is 52.2 cm³/mol. The maximum absolute atomic E-state index is 5.56. The molecule has 76 valence electrons. The van der Waals surface area contributed by atoms with Gasteiger partial charge >= 0.3 is 0 Å². The lowest BCUT2D eigenvalue weighted by Crippen LogP contribution is -2.02. The molecule has 2 rings (SSSR count). The fraction of sp³-hybridized carbons (Fsp3) is 0.455. The van der Waals surface area contributed by atoms with Crippen LogP contribution in [0.5, 0.6) is 5.75 Å². The van der Waals surface area contributed by atoms with Gasteiger partial charge in [0, 0.05) is 5.56 Å². The molecule has 3 heteroatoms.